The van der Waals surface area contributed by atoms with Gasteiger partial charge in [-0.3, -0.25) is 14.6 Å². The second-order valence-corrected chi connectivity index (χ2v) is 7.32. The maximum atomic E-state index is 12.5. The third kappa shape index (κ3) is 5.17. The number of nitrogens with zero attached hydrogens (tertiary/aromatic N) is 3. The van der Waals surface area contributed by atoms with Gasteiger partial charge in [0.05, 0.1) is 18.2 Å². The number of rotatable bonds is 6. The second-order valence-electron chi connectivity index (χ2n) is 7.32. The van der Waals surface area contributed by atoms with Crippen LogP contribution in [0.15, 0.2) is 0 Å². The highest BCUT2D eigenvalue weighted by atomic mass is 16.3. The third-order valence-electron chi connectivity index (χ3n) is 4.99. The molecule has 1 aliphatic rings. The monoisotopic (exact) mass is 324 g/mol. The lowest BCUT2D eigenvalue weighted by Crippen LogP contribution is -2.60. The number of carbonyl (C=O) groups is 1. The van der Waals surface area contributed by atoms with Gasteiger partial charge in [0, 0.05) is 32.2 Å². The molecule has 1 aliphatic heterocycles. The quantitative estimate of drug-likeness (QED) is 0.756. The summed E-state index contributed by atoms with van der Waals surface area (Å²) >= 11 is 0. The van der Waals surface area contributed by atoms with Crippen LogP contribution in [0.2, 0.25) is 0 Å². The van der Waals surface area contributed by atoms with E-state index in [4.69, 9.17) is 0 Å². The molecule has 6 nitrogen and oxygen atoms in total. The van der Waals surface area contributed by atoms with Crippen molar-refractivity contribution in [3.63, 3.8) is 0 Å². The predicted octanol–water partition coefficient (Wildman–Crippen LogP) is 0.816. The Labute approximate surface area is 140 Å². The van der Waals surface area contributed by atoms with E-state index in [0.29, 0.717) is 12.6 Å². The van der Waals surface area contributed by atoms with Crippen LogP contribution >= 0.6 is 0 Å². The normalized spacial score (nSPS) is 25.4. The van der Waals surface area contributed by atoms with Gasteiger partial charge >= 0.3 is 0 Å². The molecule has 0 aromatic rings. The van der Waals surface area contributed by atoms with Gasteiger partial charge in [0.1, 0.15) is 5.54 Å². The fraction of sp³-hybridized carbons (Fsp3) is 0.882. The molecule has 1 heterocycles. The van der Waals surface area contributed by atoms with Gasteiger partial charge in [-0.25, -0.2) is 0 Å². The number of aliphatic hydroxyl groups excluding tert-OH is 1. The molecule has 1 amide bonds. The van der Waals surface area contributed by atoms with Gasteiger partial charge in [-0.2, -0.15) is 5.26 Å². The Hall–Kier alpha value is -1.16. The number of piperazine rings is 1. The molecule has 132 valence electrons. The summed E-state index contributed by atoms with van der Waals surface area (Å²) in [4.78, 5) is 16.9. The van der Waals surface area contributed by atoms with Crippen molar-refractivity contribution in [2.45, 2.75) is 65.3 Å². The number of nitriles is 1. The first-order chi connectivity index (χ1) is 10.6. The SMILES string of the molecule is CC(C)[C@](C)(C#N)NC(=O)[C@@H](C)N1CCN(C[C@H](C)O)[C@H](C)C1. The molecule has 0 bridgehead atoms. The second kappa shape index (κ2) is 8.09. The molecular formula is C17H32N4O2. The molecule has 6 heteroatoms. The van der Waals surface area contributed by atoms with Gasteiger partial charge in [0.2, 0.25) is 5.91 Å². The van der Waals surface area contributed by atoms with Gasteiger partial charge in [0.25, 0.3) is 0 Å². The molecule has 2 N–H and O–H groups in total. The summed E-state index contributed by atoms with van der Waals surface area (Å²) < 4.78 is 0. The van der Waals surface area contributed by atoms with E-state index < -0.39 is 5.54 Å². The highest BCUT2D eigenvalue weighted by Gasteiger charge is 2.35. The van der Waals surface area contributed by atoms with Crippen LogP contribution in [0.25, 0.3) is 0 Å². The summed E-state index contributed by atoms with van der Waals surface area (Å²) in [6, 6.07) is 2.24. The number of hydrogen-bond acceptors (Lipinski definition) is 5. The Morgan fingerprint density at radius 1 is 1.39 bits per heavy atom. The summed E-state index contributed by atoms with van der Waals surface area (Å²) in [5.41, 5.74) is -0.842. The van der Waals surface area contributed by atoms with Crippen molar-refractivity contribution in [3.05, 3.63) is 0 Å². The fourth-order valence-corrected chi connectivity index (χ4v) is 2.81. The molecule has 1 saturated heterocycles. The summed E-state index contributed by atoms with van der Waals surface area (Å²) in [5, 5.41) is 21.8. The van der Waals surface area contributed by atoms with E-state index in [1.807, 2.05) is 20.8 Å². The van der Waals surface area contributed by atoms with Crippen LogP contribution in [0.3, 0.4) is 0 Å². The van der Waals surface area contributed by atoms with E-state index in [1.165, 1.54) is 0 Å². The van der Waals surface area contributed by atoms with Crippen molar-refractivity contribution in [1.29, 1.82) is 5.26 Å². The summed E-state index contributed by atoms with van der Waals surface area (Å²) in [6.07, 6.45) is -0.341. The Bertz CT molecular complexity index is 446. The van der Waals surface area contributed by atoms with E-state index in [2.05, 4.69) is 28.1 Å². The molecule has 0 radical (unpaired) electrons. The minimum absolute atomic E-state index is 0.0467. The van der Waals surface area contributed by atoms with E-state index >= 15 is 0 Å². The number of amides is 1. The van der Waals surface area contributed by atoms with Crippen molar-refractivity contribution < 1.29 is 9.90 Å². The van der Waals surface area contributed by atoms with Gasteiger partial charge in [-0.1, -0.05) is 13.8 Å². The average Bonchev–Trinajstić information content (AvgIpc) is 2.47. The first-order valence-electron chi connectivity index (χ1n) is 8.50. The summed E-state index contributed by atoms with van der Waals surface area (Å²) in [7, 11) is 0. The molecule has 0 aromatic heterocycles. The molecule has 1 rings (SSSR count). The summed E-state index contributed by atoms with van der Waals surface area (Å²) in [6.45, 7) is 14.5. The third-order valence-corrected chi connectivity index (χ3v) is 4.99. The zero-order valence-corrected chi connectivity index (χ0v) is 15.3. The Balaban J connectivity index is 2.64. The van der Waals surface area contributed by atoms with E-state index in [0.717, 1.165) is 19.6 Å². The van der Waals surface area contributed by atoms with Gasteiger partial charge in [-0.15, -0.1) is 0 Å². The lowest BCUT2D eigenvalue weighted by atomic mass is 9.89. The van der Waals surface area contributed by atoms with Gasteiger partial charge < -0.3 is 10.4 Å². The average molecular weight is 324 g/mol. The molecule has 4 atom stereocenters. The van der Waals surface area contributed by atoms with Gasteiger partial charge in [0.15, 0.2) is 0 Å². The van der Waals surface area contributed by atoms with Crippen LogP contribution < -0.4 is 5.32 Å². The predicted molar refractivity (Wildman–Crippen MR) is 90.7 cm³/mol. The van der Waals surface area contributed by atoms with Crippen molar-refractivity contribution in [2.75, 3.05) is 26.2 Å². The standard InChI is InChI=1S/C17H32N4O2/c1-12(2)17(6,11-18)19-16(23)15(5)21-8-7-20(10-14(4)22)13(3)9-21/h12-15,22H,7-10H2,1-6H3,(H,19,23)/t13-,14+,15-,17+/m1/s1. The van der Waals surface area contributed by atoms with Crippen molar-refractivity contribution >= 4 is 5.91 Å². The lowest BCUT2D eigenvalue weighted by Gasteiger charge is -2.42. The molecule has 1 fully saturated rings. The first-order valence-corrected chi connectivity index (χ1v) is 8.50. The number of aliphatic hydroxyl groups is 1. The number of nitrogens with one attached hydrogen (secondary N) is 1. The molecule has 0 unspecified atom stereocenters. The maximum absolute atomic E-state index is 12.5. The van der Waals surface area contributed by atoms with E-state index in [1.54, 1.807) is 13.8 Å². The molecular weight excluding hydrogens is 292 g/mol. The molecule has 0 saturated carbocycles. The van der Waals surface area contributed by atoms with Crippen LogP contribution in [-0.4, -0.2) is 70.7 Å². The van der Waals surface area contributed by atoms with Crippen molar-refractivity contribution in [2.24, 2.45) is 5.92 Å². The van der Waals surface area contributed by atoms with Crippen LogP contribution in [0.5, 0.6) is 0 Å². The Morgan fingerprint density at radius 2 is 2.00 bits per heavy atom. The van der Waals surface area contributed by atoms with Gasteiger partial charge in [-0.05, 0) is 33.6 Å². The van der Waals surface area contributed by atoms with Crippen molar-refractivity contribution in [1.82, 2.24) is 15.1 Å². The number of hydrogen-bond donors (Lipinski definition) is 2. The number of β-amino-alcohol motifs (C(OH)–C–C–N with tert-alkyl or cyclic N) is 1. The Morgan fingerprint density at radius 3 is 2.43 bits per heavy atom. The molecule has 23 heavy (non-hydrogen) atoms. The minimum Gasteiger partial charge on any atom is -0.392 e. The largest absolute Gasteiger partial charge is 0.392 e. The van der Waals surface area contributed by atoms with Crippen LogP contribution in [0, 0.1) is 17.2 Å². The molecule has 0 spiro atoms. The lowest BCUT2D eigenvalue weighted by molar-refractivity contribution is -0.128. The first kappa shape index (κ1) is 19.9. The topological polar surface area (TPSA) is 79.6 Å². The summed E-state index contributed by atoms with van der Waals surface area (Å²) in [5.74, 6) is -0.0515. The van der Waals surface area contributed by atoms with E-state index in [9.17, 15) is 15.2 Å². The maximum Gasteiger partial charge on any atom is 0.238 e. The van der Waals surface area contributed by atoms with Crippen LogP contribution in [0.1, 0.15) is 41.5 Å². The highest BCUT2D eigenvalue weighted by molar-refractivity contribution is 5.82. The minimum atomic E-state index is -0.842. The van der Waals surface area contributed by atoms with Crippen LogP contribution in [-0.2, 0) is 4.79 Å². The molecule has 0 aromatic carbocycles. The number of carbonyl (C=O) groups excluding carboxylic acids is 1. The fourth-order valence-electron chi connectivity index (χ4n) is 2.81. The highest BCUT2D eigenvalue weighted by Crippen LogP contribution is 2.17. The Kier molecular flexibility index (Phi) is 7.00. The van der Waals surface area contributed by atoms with E-state index in [-0.39, 0.29) is 24.0 Å². The smallest absolute Gasteiger partial charge is 0.238 e. The zero-order chi connectivity index (χ0) is 17.8. The van der Waals surface area contributed by atoms with Crippen LogP contribution in [0.4, 0.5) is 0 Å². The zero-order valence-electron chi connectivity index (χ0n) is 15.3. The molecule has 0 aliphatic carbocycles. The van der Waals surface area contributed by atoms with Crippen molar-refractivity contribution in [3.8, 4) is 6.07 Å².